The van der Waals surface area contributed by atoms with Crippen LogP contribution in [-0.4, -0.2) is 88.4 Å². The van der Waals surface area contributed by atoms with Gasteiger partial charge in [0.2, 0.25) is 12.4 Å². The number of halogens is 1. The van der Waals surface area contributed by atoms with Crippen molar-refractivity contribution in [3.8, 4) is 17.1 Å². The lowest BCUT2D eigenvalue weighted by atomic mass is 9.81. The number of cyclic esters (lactones) is 1. The van der Waals surface area contributed by atoms with Crippen LogP contribution < -0.4 is 15.6 Å². The Kier molecular flexibility index (Phi) is 11.8. The van der Waals surface area contributed by atoms with Crippen LogP contribution in [0.4, 0.5) is 9.18 Å². The molecular weight excluding hydrogens is 857 g/mol. The number of carbonyl (C=O) groups excluding carboxylic acids is 6. The number of fused-ring (bicyclic) bond motifs is 5. The lowest BCUT2D eigenvalue weighted by Gasteiger charge is -2.43. The zero-order valence-corrected chi connectivity index (χ0v) is 36.0. The molecule has 0 saturated carbocycles. The Bertz CT molecular complexity index is 2750. The van der Waals surface area contributed by atoms with Gasteiger partial charge in [0.05, 0.1) is 42.2 Å². The normalized spacial score (nSPS) is 23.8. The number of carbonyl (C=O) groups is 6. The number of nitrogens with zero attached hydrogens (tertiary/aromatic N) is 2. The maximum Gasteiger partial charge on any atom is 0.407 e. The van der Waals surface area contributed by atoms with Crippen LogP contribution >= 0.6 is 0 Å². The van der Waals surface area contributed by atoms with Crippen LogP contribution in [0, 0.1) is 12.7 Å². The number of methoxy groups -OCH3 is 1. The van der Waals surface area contributed by atoms with Crippen molar-refractivity contribution >= 4 is 46.8 Å². The summed E-state index contributed by atoms with van der Waals surface area (Å²) in [5.74, 6) is -4.95. The minimum Gasteiger partial charge on any atom is -0.467 e. The third-order valence-electron chi connectivity index (χ3n) is 12.1. The molecule has 2 aromatic carbocycles. The molecule has 1 fully saturated rings. The van der Waals surface area contributed by atoms with Crippen molar-refractivity contribution in [2.24, 2.45) is 0 Å². The molecule has 7 atom stereocenters. The van der Waals surface area contributed by atoms with Crippen molar-refractivity contribution in [3.05, 3.63) is 91.5 Å². The Labute approximate surface area is 369 Å². The van der Waals surface area contributed by atoms with E-state index in [1.807, 2.05) is 0 Å². The SMILES string of the molecule is CC[C@@]1(O)C(=O)OCc2c1cc1n(c2=O)Cc2c-1nc1cc(F)c(C)c3c1c2[C@@H](NC(=O)OCc1ccccc1OC1OC(C(=O)OC)C(OC(C)=O)C(OC(C)=O)C1OC(C)=O)CC3. The number of nitrogens with one attached hydrogen (secondary N) is 1. The third kappa shape index (κ3) is 7.89. The molecule has 0 spiro atoms. The zero-order chi connectivity index (χ0) is 46.6. The van der Waals surface area contributed by atoms with E-state index in [0.717, 1.165) is 27.9 Å². The molecule has 19 nitrogen and oxygen atoms in total. The fourth-order valence-electron chi connectivity index (χ4n) is 9.06. The van der Waals surface area contributed by atoms with Gasteiger partial charge in [0, 0.05) is 48.9 Å². The molecule has 0 bridgehead atoms. The molecule has 1 aliphatic carbocycles. The highest BCUT2D eigenvalue weighted by Crippen LogP contribution is 2.46. The van der Waals surface area contributed by atoms with Crippen LogP contribution in [0.2, 0.25) is 0 Å². The molecule has 1 amide bonds. The van der Waals surface area contributed by atoms with Gasteiger partial charge in [0.25, 0.3) is 5.56 Å². The Morgan fingerprint density at radius 1 is 0.969 bits per heavy atom. The number of benzene rings is 2. The number of alkyl carbamates (subject to hydrolysis) is 1. The minimum atomic E-state index is -2.07. The van der Waals surface area contributed by atoms with Crippen LogP contribution in [0.3, 0.4) is 0 Å². The van der Waals surface area contributed by atoms with Crippen LogP contribution in [0.1, 0.15) is 85.5 Å². The lowest BCUT2D eigenvalue weighted by molar-refractivity contribution is -0.282. The van der Waals surface area contributed by atoms with Gasteiger partial charge in [-0.25, -0.2) is 23.8 Å². The smallest absolute Gasteiger partial charge is 0.407 e. The molecule has 3 aliphatic heterocycles. The topological polar surface area (TPSA) is 243 Å². The molecule has 5 heterocycles. The highest BCUT2D eigenvalue weighted by Gasteiger charge is 2.56. The zero-order valence-electron chi connectivity index (χ0n) is 36.0. The summed E-state index contributed by atoms with van der Waals surface area (Å²) in [5, 5.41) is 14.9. The molecule has 342 valence electrons. The van der Waals surface area contributed by atoms with E-state index in [0.29, 0.717) is 51.9 Å². The second kappa shape index (κ2) is 17.2. The lowest BCUT2D eigenvalue weighted by Crippen LogP contribution is -2.64. The van der Waals surface area contributed by atoms with Crippen molar-refractivity contribution < 1.29 is 76.2 Å². The molecule has 20 heteroatoms. The van der Waals surface area contributed by atoms with E-state index in [2.05, 4.69) is 5.32 Å². The first-order valence-electron chi connectivity index (χ1n) is 20.7. The maximum atomic E-state index is 15.4. The van der Waals surface area contributed by atoms with Gasteiger partial charge in [-0.3, -0.25) is 19.2 Å². The Balaban J connectivity index is 1.09. The third-order valence-corrected chi connectivity index (χ3v) is 12.1. The van der Waals surface area contributed by atoms with E-state index >= 15 is 4.39 Å². The van der Waals surface area contributed by atoms with Gasteiger partial charge in [-0.15, -0.1) is 0 Å². The average molecular weight is 902 g/mol. The van der Waals surface area contributed by atoms with Crippen LogP contribution in [-0.2, 0) is 88.9 Å². The maximum absolute atomic E-state index is 15.4. The summed E-state index contributed by atoms with van der Waals surface area (Å²) in [4.78, 5) is 95.1. The number of hydrogen-bond donors (Lipinski definition) is 2. The van der Waals surface area contributed by atoms with E-state index in [-0.39, 0.29) is 47.5 Å². The number of aromatic nitrogens is 2. The summed E-state index contributed by atoms with van der Waals surface area (Å²) in [5.41, 5.74) is 1.20. The second-order valence-corrected chi connectivity index (χ2v) is 16.0. The first-order chi connectivity index (χ1) is 30.9. The van der Waals surface area contributed by atoms with Crippen molar-refractivity contribution in [1.29, 1.82) is 0 Å². The summed E-state index contributed by atoms with van der Waals surface area (Å²) in [6, 6.07) is 8.39. The van der Waals surface area contributed by atoms with Gasteiger partial charge >= 0.3 is 35.9 Å². The van der Waals surface area contributed by atoms with Gasteiger partial charge in [-0.1, -0.05) is 25.1 Å². The fraction of sp³-hybridized carbons (Fsp3) is 0.422. The van der Waals surface area contributed by atoms with Crippen molar-refractivity contribution in [2.45, 2.75) is 116 Å². The number of esters is 5. The Morgan fingerprint density at radius 2 is 1.66 bits per heavy atom. The van der Waals surface area contributed by atoms with Crippen LogP contribution in [0.25, 0.3) is 22.3 Å². The molecule has 1 saturated heterocycles. The molecular formula is C45H44FN3O16. The summed E-state index contributed by atoms with van der Waals surface area (Å²) < 4.78 is 61.0. The number of amides is 1. The molecule has 4 aliphatic rings. The van der Waals surface area contributed by atoms with Crippen LogP contribution in [0.15, 0.2) is 41.2 Å². The molecule has 0 radical (unpaired) electrons. The second-order valence-electron chi connectivity index (χ2n) is 16.0. The number of aliphatic hydroxyl groups is 1. The van der Waals surface area contributed by atoms with Crippen molar-refractivity contribution in [1.82, 2.24) is 14.9 Å². The number of para-hydroxylation sites is 1. The van der Waals surface area contributed by atoms with Crippen molar-refractivity contribution in [2.75, 3.05) is 7.11 Å². The van der Waals surface area contributed by atoms with E-state index in [1.165, 1.54) is 16.7 Å². The summed E-state index contributed by atoms with van der Waals surface area (Å²) >= 11 is 0. The van der Waals surface area contributed by atoms with Crippen LogP contribution in [0.5, 0.6) is 5.75 Å². The predicted octanol–water partition coefficient (Wildman–Crippen LogP) is 3.51. The fourth-order valence-corrected chi connectivity index (χ4v) is 9.06. The van der Waals surface area contributed by atoms with Gasteiger partial charge < -0.3 is 52.9 Å². The summed E-state index contributed by atoms with van der Waals surface area (Å²) in [6.45, 7) is 5.74. The van der Waals surface area contributed by atoms with Gasteiger partial charge in [-0.05, 0) is 55.0 Å². The molecule has 8 rings (SSSR count). The molecule has 4 aromatic rings. The number of hydrogen-bond acceptors (Lipinski definition) is 17. The van der Waals surface area contributed by atoms with E-state index in [1.54, 1.807) is 38.1 Å². The van der Waals surface area contributed by atoms with Crippen molar-refractivity contribution in [3.63, 3.8) is 0 Å². The molecule has 2 aromatic heterocycles. The monoisotopic (exact) mass is 901 g/mol. The average Bonchev–Trinajstić information content (AvgIpc) is 3.63. The van der Waals surface area contributed by atoms with E-state index in [4.69, 9.17) is 42.9 Å². The summed E-state index contributed by atoms with van der Waals surface area (Å²) in [7, 11) is 1.06. The quantitative estimate of drug-likeness (QED) is 0.150. The number of pyridine rings is 2. The molecule has 2 N–H and O–H groups in total. The number of aryl methyl sites for hydroxylation is 1. The predicted molar refractivity (Wildman–Crippen MR) is 218 cm³/mol. The Morgan fingerprint density at radius 3 is 2.35 bits per heavy atom. The first kappa shape index (κ1) is 44.7. The van der Waals surface area contributed by atoms with Gasteiger partial charge in [0.15, 0.2) is 23.9 Å². The highest BCUT2D eigenvalue weighted by atomic mass is 19.1. The van der Waals surface area contributed by atoms with Gasteiger partial charge in [-0.2, -0.15) is 0 Å². The van der Waals surface area contributed by atoms with E-state index < -0.39 is 96.3 Å². The minimum absolute atomic E-state index is 0.0235. The summed E-state index contributed by atoms with van der Waals surface area (Å²) in [6.07, 6.45) is -8.45. The highest BCUT2D eigenvalue weighted by molar-refractivity contribution is 5.93. The first-order valence-corrected chi connectivity index (χ1v) is 20.7. The molecule has 65 heavy (non-hydrogen) atoms. The molecule has 5 unspecified atom stereocenters. The standard InChI is InChI=1S/C45H44FN3O16/c1-7-45(57)27-14-31-35-25(16-49(31)40(53)26(27)18-59-43(45)55)34-29(13-12-24-19(2)28(46)15-30(47-35)33(24)34)48-44(56)60-17-23-10-8-9-11-32(23)64-42-39(63-22(5)52)37(62-21(4)51)36(61-20(3)50)38(65-42)41(54)58-6/h8-11,14-15,29,36-39,42,57H,7,12-13,16-18H2,1-6H3,(H,48,56)/t29-,36?,37?,38?,39?,42?,45-/m0/s1. The van der Waals surface area contributed by atoms with Gasteiger partial charge in [0.1, 0.15) is 24.8 Å². The Hall–Kier alpha value is -6.93. The largest absolute Gasteiger partial charge is 0.467 e. The number of ether oxygens (including phenoxy) is 8. The number of rotatable bonds is 10. The van der Waals surface area contributed by atoms with E-state index in [9.17, 15) is 38.7 Å².